The molecule has 1 aromatic rings. The molecule has 0 aliphatic carbocycles. The van der Waals surface area contributed by atoms with Gasteiger partial charge in [0, 0.05) is 24.7 Å². The van der Waals surface area contributed by atoms with Crippen molar-refractivity contribution in [2.24, 2.45) is 10.7 Å². The van der Waals surface area contributed by atoms with E-state index in [0.717, 1.165) is 12.0 Å². The van der Waals surface area contributed by atoms with Crippen molar-refractivity contribution >= 4 is 5.96 Å². The zero-order valence-corrected chi connectivity index (χ0v) is 13.5. The molecule has 0 saturated carbocycles. The average molecular weight is 307 g/mol. The van der Waals surface area contributed by atoms with Gasteiger partial charge in [0.05, 0.1) is 27.4 Å². The summed E-state index contributed by atoms with van der Waals surface area (Å²) in [4.78, 5) is 4.13. The zero-order valence-electron chi connectivity index (χ0n) is 13.5. The maximum atomic E-state index is 5.72. The quantitative estimate of drug-likeness (QED) is 0.315. The van der Waals surface area contributed by atoms with E-state index in [9.17, 15) is 0 Å². The Morgan fingerprint density at radius 3 is 2.32 bits per heavy atom. The Kier molecular flexibility index (Phi) is 7.67. The number of hydrogen-bond donors (Lipinski definition) is 2. The second kappa shape index (κ2) is 9.55. The average Bonchev–Trinajstić information content (AvgIpc) is 2.52. The molecule has 1 aromatic carbocycles. The first-order valence-corrected chi connectivity index (χ1v) is 7.09. The second-order valence-electron chi connectivity index (χ2n) is 4.84. The lowest BCUT2D eigenvalue weighted by Crippen LogP contribution is -2.33. The van der Waals surface area contributed by atoms with Crippen LogP contribution in [0, 0.1) is 0 Å². The van der Waals surface area contributed by atoms with Crippen LogP contribution in [0.3, 0.4) is 0 Å². The largest absolute Gasteiger partial charge is 0.496 e. The summed E-state index contributed by atoms with van der Waals surface area (Å²) >= 11 is 0. The van der Waals surface area contributed by atoms with Crippen LogP contribution in [0.2, 0.25) is 0 Å². The number of methoxy groups -OCH3 is 2. The third kappa shape index (κ3) is 6.88. The van der Waals surface area contributed by atoms with Crippen molar-refractivity contribution in [1.29, 1.82) is 0 Å². The normalized spacial score (nSPS) is 11.0. The number of nitrogens with zero attached hydrogens (tertiary/aromatic N) is 1. The summed E-state index contributed by atoms with van der Waals surface area (Å²) in [5, 5.41) is 3.03. The van der Waals surface area contributed by atoms with Gasteiger partial charge in [-0.1, -0.05) is 12.2 Å². The molecular weight excluding hydrogens is 282 g/mol. The predicted octanol–water partition coefficient (Wildman–Crippen LogP) is 1.95. The number of ether oxygens (including phenoxy) is 3. The van der Waals surface area contributed by atoms with E-state index in [1.54, 1.807) is 20.3 Å². The first-order chi connectivity index (χ1) is 10.5. The minimum Gasteiger partial charge on any atom is -0.496 e. The maximum absolute atomic E-state index is 5.72. The number of benzene rings is 1. The van der Waals surface area contributed by atoms with Crippen molar-refractivity contribution in [3.8, 4) is 17.2 Å². The first-order valence-electron chi connectivity index (χ1n) is 7.09. The molecule has 0 spiro atoms. The predicted molar refractivity (Wildman–Crippen MR) is 89.0 cm³/mol. The van der Waals surface area contributed by atoms with Gasteiger partial charge in [-0.3, -0.25) is 0 Å². The van der Waals surface area contributed by atoms with Crippen LogP contribution in [0.15, 0.2) is 35.3 Å². The van der Waals surface area contributed by atoms with Crippen LogP contribution in [0.1, 0.15) is 13.3 Å². The highest BCUT2D eigenvalue weighted by Crippen LogP contribution is 2.27. The molecule has 0 fully saturated rings. The Hall–Kier alpha value is -2.37. The summed E-state index contributed by atoms with van der Waals surface area (Å²) in [6.45, 7) is 7.46. The molecule has 0 saturated heterocycles. The molecule has 1 rings (SSSR count). The van der Waals surface area contributed by atoms with Gasteiger partial charge in [0.15, 0.2) is 5.96 Å². The molecule has 6 nitrogen and oxygen atoms in total. The van der Waals surface area contributed by atoms with E-state index in [4.69, 9.17) is 19.9 Å². The molecule has 0 unspecified atom stereocenters. The van der Waals surface area contributed by atoms with Gasteiger partial charge in [-0.05, 0) is 13.3 Å². The Labute approximate surface area is 132 Å². The van der Waals surface area contributed by atoms with Crippen molar-refractivity contribution in [2.75, 3.05) is 33.9 Å². The monoisotopic (exact) mass is 307 g/mol. The molecule has 0 bridgehead atoms. The van der Waals surface area contributed by atoms with E-state index in [1.165, 1.54) is 0 Å². The van der Waals surface area contributed by atoms with E-state index in [1.807, 2.05) is 19.1 Å². The maximum Gasteiger partial charge on any atom is 0.188 e. The summed E-state index contributed by atoms with van der Waals surface area (Å²) in [7, 11) is 3.21. The fraction of sp³-hybridized carbons (Fsp3) is 0.438. The van der Waals surface area contributed by atoms with Crippen molar-refractivity contribution in [2.45, 2.75) is 13.3 Å². The molecule has 3 N–H and O–H groups in total. The number of aliphatic imine (C=N–C) groups is 1. The number of hydrogen-bond acceptors (Lipinski definition) is 4. The third-order valence-corrected chi connectivity index (χ3v) is 2.74. The molecule has 0 atom stereocenters. The lowest BCUT2D eigenvalue weighted by molar-refractivity contribution is 0.305. The lowest BCUT2D eigenvalue weighted by Gasteiger charge is -2.10. The molecule has 122 valence electrons. The minimum atomic E-state index is 0.422. The molecule has 6 heteroatoms. The molecule has 22 heavy (non-hydrogen) atoms. The van der Waals surface area contributed by atoms with Crippen LogP contribution in [-0.2, 0) is 0 Å². The fourth-order valence-electron chi connectivity index (χ4n) is 1.62. The number of guanidine groups is 1. The highest BCUT2D eigenvalue weighted by atomic mass is 16.5. The summed E-state index contributed by atoms with van der Waals surface area (Å²) in [5.41, 5.74) is 6.69. The van der Waals surface area contributed by atoms with Gasteiger partial charge in [-0.2, -0.15) is 0 Å². The van der Waals surface area contributed by atoms with Gasteiger partial charge in [0.25, 0.3) is 0 Å². The first kappa shape index (κ1) is 17.7. The molecule has 0 amide bonds. The molecule has 0 aliphatic heterocycles. The number of nitrogens with one attached hydrogen (secondary N) is 1. The van der Waals surface area contributed by atoms with Gasteiger partial charge in [0.1, 0.15) is 17.2 Å². The van der Waals surface area contributed by atoms with Gasteiger partial charge in [-0.15, -0.1) is 0 Å². The van der Waals surface area contributed by atoms with E-state index < -0.39 is 0 Å². The molecular formula is C16H25N3O3. The summed E-state index contributed by atoms with van der Waals surface area (Å²) in [6.07, 6.45) is 0.794. The molecule has 0 heterocycles. The number of rotatable bonds is 9. The smallest absolute Gasteiger partial charge is 0.188 e. The van der Waals surface area contributed by atoms with Crippen LogP contribution < -0.4 is 25.3 Å². The fourth-order valence-corrected chi connectivity index (χ4v) is 1.62. The van der Waals surface area contributed by atoms with Crippen molar-refractivity contribution in [3.05, 3.63) is 30.4 Å². The minimum absolute atomic E-state index is 0.422. The standard InChI is InChI=1S/C16H25N3O3/c1-12(2)11-19-16(17)18-6-5-7-22-15-9-13(20-3)8-14(10-15)21-4/h8-10H,1,5-7,11H2,2-4H3,(H3,17,18,19). The van der Waals surface area contributed by atoms with E-state index in [2.05, 4.69) is 16.9 Å². The van der Waals surface area contributed by atoms with Gasteiger partial charge < -0.3 is 25.3 Å². The van der Waals surface area contributed by atoms with E-state index in [-0.39, 0.29) is 0 Å². The molecule has 0 radical (unpaired) electrons. The third-order valence-electron chi connectivity index (χ3n) is 2.74. The summed E-state index contributed by atoms with van der Waals surface area (Å²) in [5.74, 6) is 2.53. The Morgan fingerprint density at radius 2 is 1.77 bits per heavy atom. The SMILES string of the molecule is C=C(C)CN=C(N)NCCCOc1cc(OC)cc(OC)c1. The Morgan fingerprint density at radius 1 is 1.18 bits per heavy atom. The topological polar surface area (TPSA) is 78.1 Å². The highest BCUT2D eigenvalue weighted by Gasteiger charge is 2.02. The van der Waals surface area contributed by atoms with Crippen LogP contribution in [0.4, 0.5) is 0 Å². The van der Waals surface area contributed by atoms with Gasteiger partial charge in [0.2, 0.25) is 0 Å². The second-order valence-corrected chi connectivity index (χ2v) is 4.84. The highest BCUT2D eigenvalue weighted by molar-refractivity contribution is 5.77. The van der Waals surface area contributed by atoms with Crippen LogP contribution in [0.25, 0.3) is 0 Å². The van der Waals surface area contributed by atoms with E-state index in [0.29, 0.717) is 42.9 Å². The molecule has 0 aliphatic rings. The lowest BCUT2D eigenvalue weighted by atomic mass is 10.3. The van der Waals surface area contributed by atoms with Crippen LogP contribution >= 0.6 is 0 Å². The van der Waals surface area contributed by atoms with Crippen molar-refractivity contribution < 1.29 is 14.2 Å². The van der Waals surface area contributed by atoms with Gasteiger partial charge in [-0.25, -0.2) is 4.99 Å². The molecule has 0 aromatic heterocycles. The van der Waals surface area contributed by atoms with E-state index >= 15 is 0 Å². The Bertz CT molecular complexity index is 493. The summed E-state index contributed by atoms with van der Waals surface area (Å²) < 4.78 is 16.1. The van der Waals surface area contributed by atoms with Gasteiger partial charge >= 0.3 is 0 Å². The summed E-state index contributed by atoms with van der Waals surface area (Å²) in [6, 6.07) is 5.43. The van der Waals surface area contributed by atoms with Crippen molar-refractivity contribution in [1.82, 2.24) is 5.32 Å². The van der Waals surface area contributed by atoms with Crippen LogP contribution in [-0.4, -0.2) is 39.9 Å². The zero-order chi connectivity index (χ0) is 16.4. The number of nitrogens with two attached hydrogens (primary N) is 1. The van der Waals surface area contributed by atoms with Crippen molar-refractivity contribution in [3.63, 3.8) is 0 Å². The Balaban J connectivity index is 2.32. The van der Waals surface area contributed by atoms with Crippen LogP contribution in [0.5, 0.6) is 17.2 Å².